The number of nitrogens with zero attached hydrogens (tertiary/aromatic N) is 2. The van der Waals surface area contributed by atoms with Crippen LogP contribution in [0.15, 0.2) is 28.9 Å². The molecule has 3 rings (SSSR count). The summed E-state index contributed by atoms with van der Waals surface area (Å²) >= 11 is 0. The Labute approximate surface area is 117 Å². The van der Waals surface area contributed by atoms with Crippen molar-refractivity contribution < 1.29 is 9.32 Å². The minimum Gasteiger partial charge on any atom is -0.361 e. The number of benzene rings is 1. The third-order valence-corrected chi connectivity index (χ3v) is 3.74. The number of urea groups is 1. The molecule has 2 heterocycles. The van der Waals surface area contributed by atoms with Gasteiger partial charge in [-0.05, 0) is 37.1 Å². The van der Waals surface area contributed by atoms with Crippen molar-refractivity contribution in [2.24, 2.45) is 0 Å². The predicted molar refractivity (Wildman–Crippen MR) is 75.6 cm³/mol. The van der Waals surface area contributed by atoms with Crippen molar-refractivity contribution in [1.82, 2.24) is 10.1 Å². The molecule has 2 aromatic rings. The second-order valence-electron chi connectivity index (χ2n) is 5.17. The molecule has 1 aliphatic rings. The molecule has 1 N–H and O–H groups in total. The molecule has 5 nitrogen and oxygen atoms in total. The van der Waals surface area contributed by atoms with Crippen LogP contribution in [-0.2, 0) is 13.0 Å². The van der Waals surface area contributed by atoms with Crippen molar-refractivity contribution in [3.05, 3.63) is 46.8 Å². The fourth-order valence-electron chi connectivity index (χ4n) is 2.34. The maximum atomic E-state index is 12.3. The van der Waals surface area contributed by atoms with Crippen LogP contribution in [0.1, 0.15) is 22.5 Å². The number of amides is 2. The van der Waals surface area contributed by atoms with E-state index < -0.39 is 0 Å². The van der Waals surface area contributed by atoms with Crippen molar-refractivity contribution in [2.45, 2.75) is 26.8 Å². The monoisotopic (exact) mass is 271 g/mol. The maximum absolute atomic E-state index is 12.3. The zero-order chi connectivity index (χ0) is 14.1. The minimum atomic E-state index is -0.0832. The molecule has 0 unspecified atom stereocenters. The van der Waals surface area contributed by atoms with E-state index in [0.29, 0.717) is 13.1 Å². The Kier molecular flexibility index (Phi) is 3.18. The highest BCUT2D eigenvalue weighted by atomic mass is 16.5. The van der Waals surface area contributed by atoms with Crippen molar-refractivity contribution >= 4 is 11.7 Å². The van der Waals surface area contributed by atoms with Gasteiger partial charge in [-0.15, -0.1) is 0 Å². The van der Waals surface area contributed by atoms with E-state index in [0.717, 1.165) is 23.4 Å². The number of hydrogen-bond donors (Lipinski definition) is 1. The maximum Gasteiger partial charge on any atom is 0.322 e. The number of anilines is 1. The molecule has 0 saturated carbocycles. The van der Waals surface area contributed by atoms with Crippen molar-refractivity contribution in [3.63, 3.8) is 0 Å². The van der Waals surface area contributed by atoms with Gasteiger partial charge in [0.15, 0.2) is 0 Å². The van der Waals surface area contributed by atoms with Gasteiger partial charge in [-0.2, -0.15) is 0 Å². The summed E-state index contributed by atoms with van der Waals surface area (Å²) in [5.74, 6) is 0.889. The van der Waals surface area contributed by atoms with E-state index in [1.54, 1.807) is 11.1 Å². The number of aryl methyl sites for hydroxylation is 2. The first-order valence-corrected chi connectivity index (χ1v) is 6.69. The summed E-state index contributed by atoms with van der Waals surface area (Å²) in [6.07, 6.45) is 2.40. The molecule has 0 spiro atoms. The van der Waals surface area contributed by atoms with Gasteiger partial charge in [0.25, 0.3) is 0 Å². The summed E-state index contributed by atoms with van der Waals surface area (Å²) in [5, 5.41) is 6.71. The Balaban J connectivity index is 1.69. The number of rotatable bonds is 1. The van der Waals surface area contributed by atoms with Gasteiger partial charge in [-0.25, -0.2) is 4.79 Å². The first-order chi connectivity index (χ1) is 9.63. The molecule has 0 saturated heterocycles. The Morgan fingerprint density at radius 1 is 1.35 bits per heavy atom. The highest BCUT2D eigenvalue weighted by molar-refractivity contribution is 5.89. The summed E-state index contributed by atoms with van der Waals surface area (Å²) in [5.41, 5.74) is 4.21. The van der Waals surface area contributed by atoms with Crippen LogP contribution in [-0.4, -0.2) is 22.6 Å². The van der Waals surface area contributed by atoms with Crippen molar-refractivity contribution in [3.8, 4) is 0 Å². The van der Waals surface area contributed by atoms with Crippen LogP contribution < -0.4 is 5.32 Å². The van der Waals surface area contributed by atoms with Gasteiger partial charge in [-0.3, -0.25) is 0 Å². The highest BCUT2D eigenvalue weighted by Crippen LogP contribution is 2.20. The molecule has 2 amide bonds. The van der Waals surface area contributed by atoms with Gasteiger partial charge in [0.05, 0.1) is 12.7 Å². The van der Waals surface area contributed by atoms with Gasteiger partial charge in [0.1, 0.15) is 5.76 Å². The van der Waals surface area contributed by atoms with Crippen LogP contribution in [0.25, 0.3) is 0 Å². The first-order valence-electron chi connectivity index (χ1n) is 6.69. The summed E-state index contributed by atoms with van der Waals surface area (Å²) in [7, 11) is 0. The summed E-state index contributed by atoms with van der Waals surface area (Å²) in [6.45, 7) is 5.29. The molecule has 20 heavy (non-hydrogen) atoms. The number of aromatic nitrogens is 1. The first kappa shape index (κ1) is 12.7. The molecule has 0 atom stereocenters. The molecule has 5 heteroatoms. The summed E-state index contributed by atoms with van der Waals surface area (Å²) in [6, 6.07) is 5.84. The average Bonchev–Trinajstić information content (AvgIpc) is 2.90. The third kappa shape index (κ3) is 2.39. The van der Waals surface area contributed by atoms with E-state index in [-0.39, 0.29) is 6.03 Å². The number of fused-ring (bicyclic) bond motifs is 1. The fourth-order valence-corrected chi connectivity index (χ4v) is 2.34. The van der Waals surface area contributed by atoms with E-state index in [4.69, 9.17) is 4.52 Å². The lowest BCUT2D eigenvalue weighted by atomic mass is 10.1. The fraction of sp³-hybridized carbons (Fsp3) is 0.333. The molecular formula is C15H17N3O2. The third-order valence-electron chi connectivity index (χ3n) is 3.74. The number of hydrogen-bond acceptors (Lipinski definition) is 3. The van der Waals surface area contributed by atoms with Crippen molar-refractivity contribution in [1.29, 1.82) is 0 Å². The molecule has 0 fully saturated rings. The van der Waals surface area contributed by atoms with Gasteiger partial charge < -0.3 is 14.7 Å². The second-order valence-corrected chi connectivity index (χ2v) is 5.17. The molecule has 0 radical (unpaired) electrons. The Morgan fingerprint density at radius 3 is 3.00 bits per heavy atom. The minimum absolute atomic E-state index is 0.0832. The molecule has 104 valence electrons. The van der Waals surface area contributed by atoms with Crippen LogP contribution in [0.5, 0.6) is 0 Å². The predicted octanol–water partition coefficient (Wildman–Crippen LogP) is 2.88. The summed E-state index contributed by atoms with van der Waals surface area (Å²) < 4.78 is 5.12. The molecule has 1 aromatic heterocycles. The quantitative estimate of drug-likeness (QED) is 0.867. The zero-order valence-corrected chi connectivity index (χ0v) is 11.6. The molecule has 0 aliphatic carbocycles. The van der Waals surface area contributed by atoms with Gasteiger partial charge in [-0.1, -0.05) is 11.2 Å². The topological polar surface area (TPSA) is 58.4 Å². The standard InChI is InChI=1S/C15H17N3O2/c1-10-3-4-13(7-11(10)2)17-15(19)18-6-5-14-12(9-18)8-16-20-14/h3-4,7-8H,5-6,9H2,1-2H3,(H,17,19). The zero-order valence-electron chi connectivity index (χ0n) is 11.6. The lowest BCUT2D eigenvalue weighted by Gasteiger charge is -2.26. The Bertz CT molecular complexity index is 648. The van der Waals surface area contributed by atoms with Crippen LogP contribution in [0.2, 0.25) is 0 Å². The van der Waals surface area contributed by atoms with E-state index in [2.05, 4.69) is 17.4 Å². The highest BCUT2D eigenvalue weighted by Gasteiger charge is 2.23. The van der Waals surface area contributed by atoms with Crippen LogP contribution in [0.4, 0.5) is 10.5 Å². The largest absolute Gasteiger partial charge is 0.361 e. The molecule has 1 aromatic carbocycles. The Morgan fingerprint density at radius 2 is 2.20 bits per heavy atom. The second kappa shape index (κ2) is 5.00. The smallest absolute Gasteiger partial charge is 0.322 e. The van der Waals surface area contributed by atoms with E-state index in [1.165, 1.54) is 11.1 Å². The van der Waals surface area contributed by atoms with E-state index in [9.17, 15) is 4.79 Å². The molecule has 1 aliphatic heterocycles. The van der Waals surface area contributed by atoms with Gasteiger partial charge >= 0.3 is 6.03 Å². The van der Waals surface area contributed by atoms with Gasteiger partial charge in [0.2, 0.25) is 0 Å². The van der Waals surface area contributed by atoms with Crippen LogP contribution in [0.3, 0.4) is 0 Å². The number of carbonyl (C=O) groups excluding carboxylic acids is 1. The number of nitrogens with one attached hydrogen (secondary N) is 1. The van der Waals surface area contributed by atoms with Crippen LogP contribution >= 0.6 is 0 Å². The van der Waals surface area contributed by atoms with Crippen molar-refractivity contribution in [2.75, 3.05) is 11.9 Å². The van der Waals surface area contributed by atoms with Crippen LogP contribution in [0, 0.1) is 13.8 Å². The Hall–Kier alpha value is -2.30. The van der Waals surface area contributed by atoms with Gasteiger partial charge in [0, 0.05) is 24.2 Å². The van der Waals surface area contributed by atoms with E-state index >= 15 is 0 Å². The normalized spacial score (nSPS) is 14.0. The SMILES string of the molecule is Cc1ccc(NC(=O)N2CCc3oncc3C2)cc1C. The number of carbonyl (C=O) groups is 1. The van der Waals surface area contributed by atoms with E-state index in [1.807, 2.05) is 25.1 Å². The molecular weight excluding hydrogens is 254 g/mol. The lowest BCUT2D eigenvalue weighted by Crippen LogP contribution is -2.38. The average molecular weight is 271 g/mol. The lowest BCUT2D eigenvalue weighted by molar-refractivity contribution is 0.202. The molecule has 0 bridgehead atoms. The summed E-state index contributed by atoms with van der Waals surface area (Å²) in [4.78, 5) is 14.0.